The van der Waals surface area contributed by atoms with Crippen molar-refractivity contribution in [1.82, 2.24) is 9.80 Å². The van der Waals surface area contributed by atoms with Gasteiger partial charge in [0.2, 0.25) is 0 Å². The molecule has 17 heavy (non-hydrogen) atoms. The van der Waals surface area contributed by atoms with Crippen LogP contribution in [0.15, 0.2) is 0 Å². The van der Waals surface area contributed by atoms with E-state index in [-0.39, 0.29) is 0 Å². The van der Waals surface area contributed by atoms with Crippen LogP contribution in [-0.2, 0) is 0 Å². The molecular weight excluding hydrogens is 210 g/mol. The lowest BCUT2D eigenvalue weighted by Gasteiger charge is -2.39. The fourth-order valence-electron chi connectivity index (χ4n) is 3.27. The van der Waals surface area contributed by atoms with E-state index in [0.717, 1.165) is 12.5 Å². The zero-order valence-corrected chi connectivity index (χ0v) is 11.4. The van der Waals surface area contributed by atoms with Gasteiger partial charge in [0, 0.05) is 45.3 Å². The summed E-state index contributed by atoms with van der Waals surface area (Å²) in [5.41, 5.74) is 5.73. The van der Waals surface area contributed by atoms with Crippen molar-refractivity contribution in [3.8, 4) is 0 Å². The summed E-state index contributed by atoms with van der Waals surface area (Å²) in [6, 6.07) is 0.562. The van der Waals surface area contributed by atoms with Crippen molar-refractivity contribution in [2.24, 2.45) is 11.7 Å². The maximum Gasteiger partial charge on any atom is 0.0191 e. The third-order valence-electron chi connectivity index (χ3n) is 4.61. The first kappa shape index (κ1) is 13.3. The van der Waals surface area contributed by atoms with Gasteiger partial charge in [-0.3, -0.25) is 4.90 Å². The minimum absolute atomic E-state index is 0.562. The minimum Gasteiger partial charge on any atom is -0.329 e. The molecule has 0 aromatic carbocycles. The number of hydrogen-bond acceptors (Lipinski definition) is 3. The number of nitrogens with zero attached hydrogens (tertiary/aromatic N) is 2. The Kier molecular flexibility index (Phi) is 5.26. The molecule has 2 fully saturated rings. The number of nitrogens with two attached hydrogens (primary N) is 1. The zero-order chi connectivity index (χ0) is 12.1. The van der Waals surface area contributed by atoms with Crippen LogP contribution in [0.4, 0.5) is 0 Å². The molecule has 0 bridgehead atoms. The van der Waals surface area contributed by atoms with Gasteiger partial charge in [-0.25, -0.2) is 0 Å². The molecular formula is C14H29N3. The van der Waals surface area contributed by atoms with Crippen LogP contribution in [0.2, 0.25) is 0 Å². The molecule has 0 spiro atoms. The lowest BCUT2D eigenvalue weighted by molar-refractivity contribution is 0.0881. The van der Waals surface area contributed by atoms with E-state index in [1.807, 2.05) is 0 Å². The second-order valence-corrected chi connectivity index (χ2v) is 5.93. The third kappa shape index (κ3) is 3.94. The average Bonchev–Trinajstić information content (AvgIpc) is 2.40. The molecule has 3 heteroatoms. The van der Waals surface area contributed by atoms with E-state index in [1.54, 1.807) is 0 Å². The monoisotopic (exact) mass is 239 g/mol. The van der Waals surface area contributed by atoms with Gasteiger partial charge >= 0.3 is 0 Å². The predicted molar refractivity (Wildman–Crippen MR) is 73.1 cm³/mol. The average molecular weight is 239 g/mol. The third-order valence-corrected chi connectivity index (χ3v) is 4.61. The molecule has 0 aromatic rings. The first-order valence-corrected chi connectivity index (χ1v) is 7.46. The second kappa shape index (κ2) is 6.72. The molecule has 2 aliphatic rings. The van der Waals surface area contributed by atoms with Crippen LogP contribution >= 0.6 is 0 Å². The van der Waals surface area contributed by atoms with Crippen molar-refractivity contribution in [3.05, 3.63) is 0 Å². The zero-order valence-electron chi connectivity index (χ0n) is 11.4. The van der Waals surface area contributed by atoms with E-state index in [4.69, 9.17) is 5.73 Å². The molecule has 1 aliphatic heterocycles. The fourth-order valence-corrected chi connectivity index (χ4v) is 3.27. The van der Waals surface area contributed by atoms with E-state index < -0.39 is 0 Å². The highest BCUT2D eigenvalue weighted by Gasteiger charge is 2.23. The van der Waals surface area contributed by atoms with Crippen molar-refractivity contribution in [3.63, 3.8) is 0 Å². The van der Waals surface area contributed by atoms with Gasteiger partial charge in [0.15, 0.2) is 0 Å². The standard InChI is InChI=1S/C14H29N3/c1-13(11-15)17-9-7-16(8-10-17)12-14-5-3-2-4-6-14/h13-14H,2-12,15H2,1H3. The largest absolute Gasteiger partial charge is 0.329 e. The predicted octanol–water partition coefficient (Wildman–Crippen LogP) is 1.53. The molecule has 1 aliphatic carbocycles. The SMILES string of the molecule is CC(CN)N1CCN(CC2CCCCC2)CC1. The minimum atomic E-state index is 0.562. The van der Waals surface area contributed by atoms with Crippen LogP contribution in [0.1, 0.15) is 39.0 Å². The van der Waals surface area contributed by atoms with Crippen LogP contribution in [0.25, 0.3) is 0 Å². The quantitative estimate of drug-likeness (QED) is 0.807. The first-order valence-electron chi connectivity index (χ1n) is 7.46. The Labute approximate surface area is 106 Å². The van der Waals surface area contributed by atoms with Gasteiger partial charge < -0.3 is 10.6 Å². The summed E-state index contributed by atoms with van der Waals surface area (Å²) in [5.74, 6) is 0.988. The summed E-state index contributed by atoms with van der Waals surface area (Å²) in [5, 5.41) is 0. The van der Waals surface area contributed by atoms with E-state index in [9.17, 15) is 0 Å². The molecule has 3 nitrogen and oxygen atoms in total. The fraction of sp³-hybridized carbons (Fsp3) is 1.00. The first-order chi connectivity index (χ1) is 8.29. The van der Waals surface area contributed by atoms with Gasteiger partial charge in [-0.1, -0.05) is 19.3 Å². The molecule has 1 saturated carbocycles. The molecule has 1 saturated heterocycles. The van der Waals surface area contributed by atoms with Gasteiger partial charge in [0.25, 0.3) is 0 Å². The van der Waals surface area contributed by atoms with E-state index in [0.29, 0.717) is 6.04 Å². The van der Waals surface area contributed by atoms with Gasteiger partial charge in [-0.15, -0.1) is 0 Å². The molecule has 1 heterocycles. The van der Waals surface area contributed by atoms with Gasteiger partial charge in [0.1, 0.15) is 0 Å². The molecule has 1 atom stereocenters. The normalized spacial score (nSPS) is 27.2. The summed E-state index contributed by atoms with van der Waals surface area (Å²) in [6.45, 7) is 9.32. The van der Waals surface area contributed by atoms with Gasteiger partial charge in [-0.05, 0) is 25.7 Å². The second-order valence-electron chi connectivity index (χ2n) is 5.93. The number of hydrogen-bond donors (Lipinski definition) is 1. The maximum absolute atomic E-state index is 5.73. The van der Waals surface area contributed by atoms with Gasteiger partial charge in [-0.2, -0.15) is 0 Å². The lowest BCUT2D eigenvalue weighted by Crippen LogP contribution is -2.52. The smallest absolute Gasteiger partial charge is 0.0191 e. The Bertz CT molecular complexity index is 206. The highest BCUT2D eigenvalue weighted by molar-refractivity contribution is 4.79. The van der Waals surface area contributed by atoms with Crippen LogP contribution in [0.3, 0.4) is 0 Å². The highest BCUT2D eigenvalue weighted by atomic mass is 15.3. The van der Waals surface area contributed by atoms with Crippen molar-refractivity contribution >= 4 is 0 Å². The topological polar surface area (TPSA) is 32.5 Å². The van der Waals surface area contributed by atoms with Gasteiger partial charge in [0.05, 0.1) is 0 Å². The molecule has 2 rings (SSSR count). The summed E-state index contributed by atoms with van der Waals surface area (Å²) < 4.78 is 0. The molecule has 2 N–H and O–H groups in total. The van der Waals surface area contributed by atoms with Crippen LogP contribution in [0.5, 0.6) is 0 Å². The summed E-state index contributed by atoms with van der Waals surface area (Å²) >= 11 is 0. The molecule has 0 aromatic heterocycles. The Morgan fingerprint density at radius 1 is 1.06 bits per heavy atom. The highest BCUT2D eigenvalue weighted by Crippen LogP contribution is 2.24. The molecule has 0 amide bonds. The van der Waals surface area contributed by atoms with Crippen LogP contribution in [-0.4, -0.2) is 55.1 Å². The van der Waals surface area contributed by atoms with Crippen molar-refractivity contribution in [2.75, 3.05) is 39.3 Å². The van der Waals surface area contributed by atoms with Crippen LogP contribution in [0, 0.1) is 5.92 Å². The van der Waals surface area contributed by atoms with Crippen molar-refractivity contribution < 1.29 is 0 Å². The molecule has 0 radical (unpaired) electrons. The lowest BCUT2D eigenvalue weighted by atomic mass is 9.89. The van der Waals surface area contributed by atoms with Crippen molar-refractivity contribution in [1.29, 1.82) is 0 Å². The van der Waals surface area contributed by atoms with E-state index in [1.165, 1.54) is 64.8 Å². The maximum atomic E-state index is 5.73. The summed E-state index contributed by atoms with van der Waals surface area (Å²) in [6.07, 6.45) is 7.35. The Hall–Kier alpha value is -0.120. The van der Waals surface area contributed by atoms with Crippen LogP contribution < -0.4 is 5.73 Å². The number of rotatable bonds is 4. The Balaban J connectivity index is 1.67. The van der Waals surface area contributed by atoms with E-state index >= 15 is 0 Å². The van der Waals surface area contributed by atoms with E-state index in [2.05, 4.69) is 16.7 Å². The van der Waals surface area contributed by atoms with Crippen molar-refractivity contribution in [2.45, 2.75) is 45.1 Å². The Morgan fingerprint density at radius 3 is 2.29 bits per heavy atom. The summed E-state index contributed by atoms with van der Waals surface area (Å²) in [7, 11) is 0. The summed E-state index contributed by atoms with van der Waals surface area (Å²) in [4.78, 5) is 5.22. The number of piperazine rings is 1. The molecule has 100 valence electrons. The Morgan fingerprint density at radius 2 is 1.71 bits per heavy atom. The molecule has 1 unspecified atom stereocenters.